The maximum Gasteiger partial charge on any atom is 0.328 e. The van der Waals surface area contributed by atoms with Gasteiger partial charge < -0.3 is 63.5 Å². The first kappa shape index (κ1) is 55.3. The van der Waals surface area contributed by atoms with E-state index >= 15 is 0 Å². The van der Waals surface area contributed by atoms with Crippen molar-refractivity contribution in [2.75, 3.05) is 70.0 Å². The number of methoxy groups -OCH3 is 8. The molecule has 0 fully saturated rings. The Morgan fingerprint density at radius 1 is 0.451 bits per heavy atom. The van der Waals surface area contributed by atoms with Gasteiger partial charge in [-0.2, -0.15) is 0 Å². The summed E-state index contributed by atoms with van der Waals surface area (Å²) in [7, 11) is 12.5. The fourth-order valence-electron chi connectivity index (χ4n) is 6.70. The summed E-state index contributed by atoms with van der Waals surface area (Å²) in [6.45, 7) is 2.08. The van der Waals surface area contributed by atoms with Gasteiger partial charge in [-0.3, -0.25) is 4.79 Å². The molecule has 0 atom stereocenters. The zero-order valence-corrected chi connectivity index (χ0v) is 41.5. The Hall–Kier alpha value is -8.30. The van der Waals surface area contributed by atoms with Gasteiger partial charge in [0.15, 0.2) is 46.0 Å². The Labute approximate surface area is 416 Å². The summed E-state index contributed by atoms with van der Waals surface area (Å²) in [5.41, 5.74) is 11.3. The van der Waals surface area contributed by atoms with E-state index in [4.69, 9.17) is 58.2 Å². The Morgan fingerprint density at radius 3 is 1.24 bits per heavy atom. The highest BCUT2D eigenvalue weighted by atomic mass is 16.5. The smallest absolute Gasteiger partial charge is 0.328 e. The Bertz CT molecular complexity index is 2640. The van der Waals surface area contributed by atoms with Crippen molar-refractivity contribution in [1.29, 1.82) is 0 Å². The van der Waals surface area contributed by atoms with E-state index in [0.717, 1.165) is 46.2 Å². The van der Waals surface area contributed by atoms with Crippen molar-refractivity contribution >= 4 is 24.0 Å². The zero-order chi connectivity index (χ0) is 51.4. The van der Waals surface area contributed by atoms with Gasteiger partial charge in [-0.15, -0.1) is 0 Å². The van der Waals surface area contributed by atoms with Gasteiger partial charge >= 0.3 is 5.97 Å². The van der Waals surface area contributed by atoms with Gasteiger partial charge in [0.1, 0.15) is 24.7 Å². The molecule has 6 rings (SSSR count). The van der Waals surface area contributed by atoms with E-state index in [2.05, 4.69) is 5.32 Å². The molecule has 4 N–H and O–H groups in total. The average Bonchev–Trinajstić information content (AvgIpc) is 3.41. The standard InChI is InChI=1S/C28H31NO6.C16H19NO2.C12H14O5/c1-31-23-12-10-20(16-27(23)35-19-21-8-6-5-7-9-21)14-15-29-28(30)13-11-22-17-25(33-3)26(34-4)18-24(22)32-2;1-18-15-8-7-13(9-10-17)11-16(15)19-12-14-5-3-2-4-6-14;1-15-9-7-11(17-3)10(16-2)6-8(9)4-5-12(13)14/h5-13,16-18H,14-15,19H2,1-4H3,(H,29,30);2-8,11H,9-10,12,17H2,1H3;4-7H,1-3H3,(H,13,14)/b13-11+;;5-4+. The number of carboxylic acid groups (broad SMARTS) is 1. The van der Waals surface area contributed by atoms with Crippen molar-refractivity contribution in [1.82, 2.24) is 5.32 Å². The first-order valence-electron chi connectivity index (χ1n) is 22.4. The molecule has 15 nitrogen and oxygen atoms in total. The zero-order valence-electron chi connectivity index (χ0n) is 41.5. The summed E-state index contributed by atoms with van der Waals surface area (Å²) in [6.07, 6.45) is 7.09. The minimum Gasteiger partial charge on any atom is -0.496 e. The predicted molar refractivity (Wildman–Crippen MR) is 275 cm³/mol. The van der Waals surface area contributed by atoms with Crippen LogP contribution in [0.25, 0.3) is 12.2 Å². The molecular formula is C56H64N2O13. The molecule has 15 heteroatoms. The predicted octanol–water partition coefficient (Wildman–Crippen LogP) is 9.26. The largest absolute Gasteiger partial charge is 0.496 e. The lowest BCUT2D eigenvalue weighted by molar-refractivity contribution is -0.131. The van der Waals surface area contributed by atoms with Crippen LogP contribution in [-0.4, -0.2) is 87.0 Å². The summed E-state index contributed by atoms with van der Waals surface area (Å²) in [5, 5.41) is 11.5. The number of rotatable bonds is 23. The van der Waals surface area contributed by atoms with Crippen LogP contribution in [0.15, 0.2) is 133 Å². The number of carboxylic acids is 1. The number of nitrogens with one attached hydrogen (secondary N) is 1. The first-order valence-corrected chi connectivity index (χ1v) is 22.4. The van der Waals surface area contributed by atoms with Gasteiger partial charge in [-0.25, -0.2) is 4.79 Å². The average molecular weight is 973 g/mol. The molecule has 0 aliphatic rings. The van der Waals surface area contributed by atoms with Gasteiger partial charge in [-0.05, 0) is 90.2 Å². The molecule has 0 radical (unpaired) electrons. The molecule has 6 aromatic carbocycles. The third-order valence-corrected chi connectivity index (χ3v) is 10.4. The summed E-state index contributed by atoms with van der Waals surface area (Å²) >= 11 is 0. The summed E-state index contributed by atoms with van der Waals surface area (Å²) in [6, 6.07) is 38.5. The molecule has 0 heterocycles. The molecule has 0 bridgehead atoms. The van der Waals surface area contributed by atoms with Crippen LogP contribution < -0.4 is 58.4 Å². The van der Waals surface area contributed by atoms with Crippen molar-refractivity contribution in [3.05, 3.63) is 167 Å². The number of carbonyl (C=O) groups excluding carboxylic acids is 1. The lowest BCUT2D eigenvalue weighted by Gasteiger charge is -2.13. The Morgan fingerprint density at radius 2 is 0.845 bits per heavy atom. The number of nitrogens with two attached hydrogens (primary N) is 1. The van der Waals surface area contributed by atoms with Crippen molar-refractivity contribution in [3.63, 3.8) is 0 Å². The van der Waals surface area contributed by atoms with Gasteiger partial charge in [0.25, 0.3) is 0 Å². The minimum absolute atomic E-state index is 0.212. The number of aliphatic carboxylic acids is 1. The van der Waals surface area contributed by atoms with Crippen molar-refractivity contribution < 1.29 is 62.1 Å². The highest BCUT2D eigenvalue weighted by Crippen LogP contribution is 2.37. The van der Waals surface area contributed by atoms with E-state index in [-0.39, 0.29) is 5.91 Å². The third-order valence-electron chi connectivity index (χ3n) is 10.4. The highest BCUT2D eigenvalue weighted by Gasteiger charge is 2.13. The quantitative estimate of drug-likeness (QED) is 0.0516. The van der Waals surface area contributed by atoms with Crippen LogP contribution in [-0.2, 0) is 35.6 Å². The number of benzene rings is 6. The van der Waals surface area contributed by atoms with Gasteiger partial charge in [0, 0.05) is 42.0 Å². The van der Waals surface area contributed by atoms with Gasteiger partial charge in [0.2, 0.25) is 5.91 Å². The monoisotopic (exact) mass is 972 g/mol. The van der Waals surface area contributed by atoms with Crippen molar-refractivity contribution in [2.45, 2.75) is 26.1 Å². The van der Waals surface area contributed by atoms with Crippen LogP contribution in [0.5, 0.6) is 57.5 Å². The second-order valence-electron chi connectivity index (χ2n) is 15.0. The lowest BCUT2D eigenvalue weighted by atomic mass is 10.1. The Balaban J connectivity index is 0.000000256. The molecular weight excluding hydrogens is 909 g/mol. The molecule has 376 valence electrons. The fraction of sp³-hybridized carbons (Fsp3) is 0.250. The molecule has 0 spiro atoms. The summed E-state index contributed by atoms with van der Waals surface area (Å²) in [5.74, 6) is 4.84. The minimum atomic E-state index is -1.03. The molecule has 0 unspecified atom stereocenters. The maximum atomic E-state index is 12.4. The molecule has 0 aliphatic heterocycles. The number of hydrogen-bond acceptors (Lipinski definition) is 13. The topological polar surface area (TPSA) is 185 Å². The second kappa shape index (κ2) is 30.2. The van der Waals surface area contributed by atoms with Crippen molar-refractivity contribution in [2.24, 2.45) is 5.73 Å². The fourth-order valence-corrected chi connectivity index (χ4v) is 6.70. The molecule has 6 aromatic rings. The van der Waals surface area contributed by atoms with E-state index in [1.807, 2.05) is 97.1 Å². The summed E-state index contributed by atoms with van der Waals surface area (Å²) < 4.78 is 53.9. The number of ether oxygens (including phenoxy) is 10. The van der Waals surface area contributed by atoms with E-state index in [0.29, 0.717) is 89.8 Å². The first-order chi connectivity index (χ1) is 34.5. The third kappa shape index (κ3) is 17.9. The highest BCUT2D eigenvalue weighted by molar-refractivity contribution is 5.92. The van der Waals surface area contributed by atoms with E-state index in [1.54, 1.807) is 65.9 Å². The number of amides is 1. The molecule has 0 aromatic heterocycles. The SMILES string of the molecule is COc1cc(OC)c(OC)cc1/C=C/C(=O)NCCc1ccc(OC)c(OCc2ccccc2)c1.COc1cc(OC)c(OC)cc1/C=C/C(=O)O.COc1ccc(CCN)cc1OCc1ccccc1. The van der Waals surface area contributed by atoms with Crippen LogP contribution in [0.3, 0.4) is 0 Å². The second-order valence-corrected chi connectivity index (χ2v) is 15.0. The number of carbonyl (C=O) groups is 2. The van der Waals surface area contributed by atoms with Crippen LogP contribution in [0.4, 0.5) is 0 Å². The van der Waals surface area contributed by atoms with E-state index in [1.165, 1.54) is 33.5 Å². The summed E-state index contributed by atoms with van der Waals surface area (Å²) in [4.78, 5) is 22.8. The molecule has 0 saturated heterocycles. The molecule has 0 aliphatic carbocycles. The molecule has 1 amide bonds. The van der Waals surface area contributed by atoms with E-state index in [9.17, 15) is 9.59 Å². The normalized spacial score (nSPS) is 10.4. The maximum absolute atomic E-state index is 12.4. The van der Waals surface area contributed by atoms with E-state index < -0.39 is 5.97 Å². The van der Waals surface area contributed by atoms with Gasteiger partial charge in [-0.1, -0.05) is 72.8 Å². The van der Waals surface area contributed by atoms with Crippen LogP contribution in [0.1, 0.15) is 33.4 Å². The van der Waals surface area contributed by atoms with Crippen molar-refractivity contribution in [3.8, 4) is 57.5 Å². The van der Waals surface area contributed by atoms with Crippen LogP contribution in [0.2, 0.25) is 0 Å². The van der Waals surface area contributed by atoms with Crippen LogP contribution >= 0.6 is 0 Å². The molecule has 71 heavy (non-hydrogen) atoms. The lowest BCUT2D eigenvalue weighted by Crippen LogP contribution is -2.23. The number of hydrogen-bond donors (Lipinski definition) is 3. The molecule has 0 saturated carbocycles. The van der Waals surface area contributed by atoms with Gasteiger partial charge in [0.05, 0.1) is 56.9 Å². The Kier molecular flexibility index (Phi) is 23.6. The van der Waals surface area contributed by atoms with Crippen LogP contribution in [0, 0.1) is 0 Å².